The van der Waals surface area contributed by atoms with Gasteiger partial charge < -0.3 is 10.2 Å². The zero-order valence-corrected chi connectivity index (χ0v) is 18.3. The van der Waals surface area contributed by atoms with Crippen LogP contribution in [0.1, 0.15) is 22.5 Å². The summed E-state index contributed by atoms with van der Waals surface area (Å²) in [6, 6.07) is 13.7. The molecular formula is C22H18ClN3O2S2. The number of hydrogen-bond donors (Lipinski definition) is 1. The zero-order valence-electron chi connectivity index (χ0n) is 15.9. The van der Waals surface area contributed by atoms with Crippen molar-refractivity contribution in [2.45, 2.75) is 12.8 Å². The highest BCUT2D eigenvalue weighted by molar-refractivity contribution is 7.33. The van der Waals surface area contributed by atoms with E-state index in [1.54, 1.807) is 34.8 Å². The summed E-state index contributed by atoms with van der Waals surface area (Å²) in [5, 5.41) is 4.58. The number of hydrogen-bond acceptors (Lipinski definition) is 5. The predicted octanol–water partition coefficient (Wildman–Crippen LogP) is 5.66. The summed E-state index contributed by atoms with van der Waals surface area (Å²) in [5.41, 5.74) is 0. The first-order valence-electron chi connectivity index (χ1n) is 9.71. The second-order valence-corrected chi connectivity index (χ2v) is 9.89. The number of halogens is 1. The Bertz CT molecular complexity index is 1240. The molecule has 3 aromatic heterocycles. The Morgan fingerprint density at radius 2 is 1.87 bits per heavy atom. The van der Waals surface area contributed by atoms with Crippen LogP contribution < -0.4 is 5.32 Å². The normalized spacial score (nSPS) is 15.0. The topological polar surface area (TPSA) is 62.3 Å². The lowest BCUT2D eigenvalue weighted by Crippen LogP contribution is -2.41. The molecule has 0 bridgehead atoms. The molecule has 8 heteroatoms. The van der Waals surface area contributed by atoms with Crippen LogP contribution in [0.25, 0.3) is 19.5 Å². The highest BCUT2D eigenvalue weighted by Crippen LogP contribution is 2.39. The number of nitrogens with zero attached hydrogens (tertiary/aromatic N) is 2. The molecule has 1 aliphatic heterocycles. The van der Waals surface area contributed by atoms with E-state index in [9.17, 15) is 9.59 Å². The number of thiophene rings is 2. The van der Waals surface area contributed by atoms with Crippen LogP contribution in [0.5, 0.6) is 0 Å². The van der Waals surface area contributed by atoms with Gasteiger partial charge in [-0.05, 0) is 37.1 Å². The molecule has 4 aromatic rings. The third kappa shape index (κ3) is 3.69. The smallest absolute Gasteiger partial charge is 0.263 e. The number of rotatable bonds is 3. The maximum atomic E-state index is 13.0. The Hall–Kier alpha value is -2.48. The first-order chi connectivity index (χ1) is 14.6. The number of fused-ring (bicyclic) bond motifs is 3. The Morgan fingerprint density at radius 3 is 2.63 bits per heavy atom. The first kappa shape index (κ1) is 19.5. The van der Waals surface area contributed by atoms with Crippen molar-refractivity contribution in [2.75, 3.05) is 18.4 Å². The third-order valence-electron chi connectivity index (χ3n) is 5.39. The molecule has 5 nitrogen and oxygen atoms in total. The van der Waals surface area contributed by atoms with Gasteiger partial charge in [0.15, 0.2) is 0 Å². The van der Waals surface area contributed by atoms with Gasteiger partial charge in [0.2, 0.25) is 5.91 Å². The predicted molar refractivity (Wildman–Crippen MR) is 124 cm³/mol. The number of carbonyl (C=O) groups excluding carboxylic acids is 2. The SMILES string of the molecule is O=C(Nc1ccc(Cl)cn1)C1CCN(C(=O)c2cc3sc4ccccc4c3s2)CC1. The van der Waals surface area contributed by atoms with Gasteiger partial charge in [0.05, 0.1) is 14.6 Å². The average molecular weight is 456 g/mol. The van der Waals surface area contributed by atoms with Crippen molar-refractivity contribution >= 4 is 71.4 Å². The molecule has 0 aliphatic carbocycles. The average Bonchev–Trinajstić information content (AvgIpc) is 3.33. The number of pyridine rings is 1. The number of anilines is 1. The van der Waals surface area contributed by atoms with Crippen molar-refractivity contribution in [3.05, 3.63) is 58.6 Å². The number of likely N-dealkylation sites (tertiary alicyclic amines) is 1. The van der Waals surface area contributed by atoms with Crippen molar-refractivity contribution in [2.24, 2.45) is 5.92 Å². The largest absolute Gasteiger partial charge is 0.338 e. The first-order valence-corrected chi connectivity index (χ1v) is 11.7. The van der Waals surface area contributed by atoms with Crippen LogP contribution in [-0.4, -0.2) is 34.8 Å². The van der Waals surface area contributed by atoms with Gasteiger partial charge in [-0.2, -0.15) is 0 Å². The van der Waals surface area contributed by atoms with Gasteiger partial charge in [-0.3, -0.25) is 9.59 Å². The Balaban J connectivity index is 1.23. The molecular weight excluding hydrogens is 438 g/mol. The highest BCUT2D eigenvalue weighted by atomic mass is 35.5. The molecule has 4 heterocycles. The molecule has 0 radical (unpaired) electrons. The van der Waals surface area contributed by atoms with Crippen molar-refractivity contribution < 1.29 is 9.59 Å². The molecule has 0 spiro atoms. The number of nitrogens with one attached hydrogen (secondary N) is 1. The van der Waals surface area contributed by atoms with Crippen LogP contribution in [0.4, 0.5) is 5.82 Å². The summed E-state index contributed by atoms with van der Waals surface area (Å²) in [7, 11) is 0. The van der Waals surface area contributed by atoms with Crippen molar-refractivity contribution in [1.29, 1.82) is 0 Å². The van der Waals surface area contributed by atoms with E-state index in [0.717, 1.165) is 9.58 Å². The summed E-state index contributed by atoms with van der Waals surface area (Å²) < 4.78 is 3.60. The molecule has 30 heavy (non-hydrogen) atoms. The minimum Gasteiger partial charge on any atom is -0.338 e. The molecule has 152 valence electrons. The monoisotopic (exact) mass is 455 g/mol. The van der Waals surface area contributed by atoms with E-state index in [-0.39, 0.29) is 17.7 Å². The van der Waals surface area contributed by atoms with Gasteiger partial charge in [0, 0.05) is 40.0 Å². The lowest BCUT2D eigenvalue weighted by Gasteiger charge is -2.31. The zero-order chi connectivity index (χ0) is 20.7. The summed E-state index contributed by atoms with van der Waals surface area (Å²) in [6.45, 7) is 1.16. The summed E-state index contributed by atoms with van der Waals surface area (Å²) in [4.78, 5) is 32.3. The third-order valence-corrected chi connectivity index (χ3v) is 8.02. The maximum absolute atomic E-state index is 13.0. The summed E-state index contributed by atoms with van der Waals surface area (Å²) in [5.74, 6) is 0.377. The molecule has 0 unspecified atom stereocenters. The van der Waals surface area contributed by atoms with Crippen LogP contribution in [0.2, 0.25) is 5.02 Å². The van der Waals surface area contributed by atoms with Gasteiger partial charge in [0.25, 0.3) is 5.91 Å². The van der Waals surface area contributed by atoms with E-state index in [1.165, 1.54) is 21.0 Å². The van der Waals surface area contributed by atoms with Gasteiger partial charge in [-0.15, -0.1) is 22.7 Å². The lowest BCUT2D eigenvalue weighted by atomic mass is 9.96. The molecule has 1 saturated heterocycles. The number of aromatic nitrogens is 1. The van der Waals surface area contributed by atoms with Crippen molar-refractivity contribution in [3.8, 4) is 0 Å². The maximum Gasteiger partial charge on any atom is 0.263 e. The van der Waals surface area contributed by atoms with Crippen LogP contribution in [0, 0.1) is 5.92 Å². The number of carbonyl (C=O) groups is 2. The molecule has 0 atom stereocenters. The molecule has 1 aliphatic rings. The Kier molecular flexibility index (Phi) is 5.18. The number of piperidine rings is 1. The molecule has 2 amide bonds. The molecule has 1 fully saturated rings. The minimum absolute atomic E-state index is 0.0555. The van der Waals surface area contributed by atoms with Crippen LogP contribution >= 0.6 is 34.3 Å². The van der Waals surface area contributed by atoms with E-state index in [0.29, 0.717) is 36.8 Å². The van der Waals surface area contributed by atoms with Gasteiger partial charge in [0.1, 0.15) is 5.82 Å². The second-order valence-electron chi connectivity index (χ2n) is 7.32. The number of amides is 2. The van der Waals surface area contributed by atoms with Crippen LogP contribution in [0.15, 0.2) is 48.7 Å². The molecule has 5 rings (SSSR count). The molecule has 1 aromatic carbocycles. The Labute approximate surface area is 186 Å². The highest BCUT2D eigenvalue weighted by Gasteiger charge is 2.29. The quantitative estimate of drug-likeness (QED) is 0.433. The van der Waals surface area contributed by atoms with E-state index in [1.807, 2.05) is 23.1 Å². The standard InChI is InChI=1S/C22H18ClN3O2S2/c23-14-5-6-19(24-12-14)25-21(27)13-7-9-26(10-8-13)22(28)18-11-17-20(30-18)15-3-1-2-4-16(15)29-17/h1-6,11-13H,7-10H2,(H,24,25,27). The molecule has 1 N–H and O–H groups in total. The minimum atomic E-state index is -0.123. The van der Waals surface area contributed by atoms with Gasteiger partial charge in [-0.1, -0.05) is 29.8 Å². The van der Waals surface area contributed by atoms with Crippen molar-refractivity contribution in [1.82, 2.24) is 9.88 Å². The van der Waals surface area contributed by atoms with Gasteiger partial charge in [-0.25, -0.2) is 4.98 Å². The van der Waals surface area contributed by atoms with E-state index < -0.39 is 0 Å². The van der Waals surface area contributed by atoms with E-state index >= 15 is 0 Å². The molecule has 0 saturated carbocycles. The fourth-order valence-corrected chi connectivity index (χ4v) is 6.39. The Morgan fingerprint density at radius 1 is 1.07 bits per heavy atom. The van der Waals surface area contributed by atoms with Crippen LogP contribution in [0.3, 0.4) is 0 Å². The van der Waals surface area contributed by atoms with Crippen LogP contribution in [-0.2, 0) is 4.79 Å². The second kappa shape index (κ2) is 7.98. The number of benzene rings is 1. The van der Waals surface area contributed by atoms with Crippen molar-refractivity contribution in [3.63, 3.8) is 0 Å². The van der Waals surface area contributed by atoms with Gasteiger partial charge >= 0.3 is 0 Å². The fourth-order valence-electron chi connectivity index (χ4n) is 3.78. The van der Waals surface area contributed by atoms with E-state index in [4.69, 9.17) is 11.6 Å². The summed E-state index contributed by atoms with van der Waals surface area (Å²) >= 11 is 9.12. The lowest BCUT2D eigenvalue weighted by molar-refractivity contribution is -0.121. The fraction of sp³-hybridized carbons (Fsp3) is 0.227. The summed E-state index contributed by atoms with van der Waals surface area (Å²) in [6.07, 6.45) is 2.80. The van der Waals surface area contributed by atoms with E-state index in [2.05, 4.69) is 22.4 Å².